The highest BCUT2D eigenvalue weighted by atomic mass is 14.9. The zero-order valence-electron chi connectivity index (χ0n) is 20.0. The SMILES string of the molecule is [2H]c1c(C)[n+](C)c(-c2cc(C(C)(C)C)cc(C)c2C)c2ccc3c(C)cccc3c12. The summed E-state index contributed by atoms with van der Waals surface area (Å²) in [7, 11) is 2.10. The summed E-state index contributed by atoms with van der Waals surface area (Å²) in [6.45, 7) is 15.5. The van der Waals surface area contributed by atoms with Crippen LogP contribution in [-0.2, 0) is 12.5 Å². The number of pyridine rings is 1. The Balaban J connectivity index is 2.22. The molecule has 0 amide bonds. The lowest BCUT2D eigenvalue weighted by atomic mass is 9.82. The summed E-state index contributed by atoms with van der Waals surface area (Å²) >= 11 is 0. The van der Waals surface area contributed by atoms with Gasteiger partial charge in [0.15, 0.2) is 5.69 Å². The molecule has 3 aromatic carbocycles. The van der Waals surface area contributed by atoms with E-state index in [4.69, 9.17) is 1.37 Å². The summed E-state index contributed by atoms with van der Waals surface area (Å²) < 4.78 is 11.2. The zero-order chi connectivity index (χ0) is 22.0. The molecule has 1 heteroatoms. The summed E-state index contributed by atoms with van der Waals surface area (Å²) in [5.74, 6) is 0. The van der Waals surface area contributed by atoms with Crippen LogP contribution in [0, 0.1) is 27.7 Å². The third kappa shape index (κ3) is 3.13. The first kappa shape index (κ1) is 18.4. The highest BCUT2D eigenvalue weighted by Crippen LogP contribution is 2.37. The maximum Gasteiger partial charge on any atom is 0.220 e. The number of hydrogen-bond acceptors (Lipinski definition) is 0. The van der Waals surface area contributed by atoms with Gasteiger partial charge in [0.05, 0.1) is 12.3 Å². The van der Waals surface area contributed by atoms with E-state index in [9.17, 15) is 0 Å². The van der Waals surface area contributed by atoms with Crippen molar-refractivity contribution in [1.82, 2.24) is 0 Å². The van der Waals surface area contributed by atoms with Gasteiger partial charge in [0.1, 0.15) is 7.05 Å². The first-order chi connectivity index (χ1) is 14.0. The van der Waals surface area contributed by atoms with Crippen LogP contribution in [0.3, 0.4) is 0 Å². The number of rotatable bonds is 1. The number of hydrogen-bond donors (Lipinski definition) is 0. The first-order valence-corrected chi connectivity index (χ1v) is 10.5. The topological polar surface area (TPSA) is 3.88 Å². The molecule has 1 nitrogen and oxygen atoms in total. The summed E-state index contributed by atoms with van der Waals surface area (Å²) in [5.41, 5.74) is 8.76. The lowest BCUT2D eigenvalue weighted by molar-refractivity contribution is -0.665. The normalized spacial score (nSPS) is 12.6. The van der Waals surface area contributed by atoms with Crippen LogP contribution in [0.25, 0.3) is 32.8 Å². The van der Waals surface area contributed by atoms with E-state index >= 15 is 0 Å². The van der Waals surface area contributed by atoms with E-state index in [0.717, 1.165) is 16.5 Å². The minimum absolute atomic E-state index is 0.0792. The third-order valence-electron chi connectivity index (χ3n) is 6.47. The Labute approximate surface area is 176 Å². The average Bonchev–Trinajstić information content (AvgIpc) is 2.68. The van der Waals surface area contributed by atoms with E-state index in [0.29, 0.717) is 6.04 Å². The molecule has 148 valence electrons. The van der Waals surface area contributed by atoms with Gasteiger partial charge >= 0.3 is 0 Å². The molecule has 1 aromatic heterocycles. The molecule has 29 heavy (non-hydrogen) atoms. The van der Waals surface area contributed by atoms with Crippen molar-refractivity contribution in [1.29, 1.82) is 0 Å². The molecule has 1 heterocycles. The van der Waals surface area contributed by atoms with Gasteiger partial charge in [-0.2, -0.15) is 4.57 Å². The predicted octanol–water partition coefficient (Wildman–Crippen LogP) is 7.02. The molecule has 0 saturated carbocycles. The molecule has 0 aliphatic carbocycles. The molecule has 0 unspecified atom stereocenters. The second-order valence-corrected chi connectivity index (χ2v) is 9.49. The molecule has 0 fully saturated rings. The van der Waals surface area contributed by atoms with E-state index in [2.05, 4.69) is 103 Å². The van der Waals surface area contributed by atoms with Crippen LogP contribution in [0.4, 0.5) is 0 Å². The van der Waals surface area contributed by atoms with E-state index in [1.165, 1.54) is 44.3 Å². The maximum atomic E-state index is 8.96. The molecule has 4 aromatic rings. The van der Waals surface area contributed by atoms with Crippen molar-refractivity contribution in [2.24, 2.45) is 7.05 Å². The Hall–Kier alpha value is -2.67. The van der Waals surface area contributed by atoms with Gasteiger partial charge in [0.2, 0.25) is 5.69 Å². The van der Waals surface area contributed by atoms with Gasteiger partial charge in [-0.05, 0) is 71.3 Å². The molecular formula is C28H32N+. The van der Waals surface area contributed by atoms with Crippen LogP contribution >= 0.6 is 0 Å². The highest BCUT2D eigenvalue weighted by Gasteiger charge is 2.24. The number of nitrogens with zero attached hydrogens (tertiary/aromatic N) is 1. The quantitative estimate of drug-likeness (QED) is 0.246. The Bertz CT molecular complexity index is 1320. The zero-order valence-corrected chi connectivity index (χ0v) is 19.0. The molecule has 0 spiro atoms. The molecule has 0 saturated heterocycles. The minimum atomic E-state index is 0.0792. The van der Waals surface area contributed by atoms with E-state index in [-0.39, 0.29) is 5.41 Å². The fourth-order valence-electron chi connectivity index (χ4n) is 4.32. The molecule has 0 bridgehead atoms. The first-order valence-electron chi connectivity index (χ1n) is 11.0. The molecule has 0 aliphatic rings. The van der Waals surface area contributed by atoms with Crippen molar-refractivity contribution in [3.8, 4) is 11.3 Å². The largest absolute Gasteiger partial charge is 0.220 e. The van der Waals surface area contributed by atoms with Crippen molar-refractivity contribution in [2.75, 3.05) is 0 Å². The fourth-order valence-corrected chi connectivity index (χ4v) is 4.32. The molecule has 4 rings (SSSR count). The van der Waals surface area contributed by atoms with Gasteiger partial charge < -0.3 is 0 Å². The maximum absolute atomic E-state index is 8.96. The predicted molar refractivity (Wildman–Crippen MR) is 126 cm³/mol. The third-order valence-corrected chi connectivity index (χ3v) is 6.47. The van der Waals surface area contributed by atoms with E-state index in [1.807, 2.05) is 0 Å². The van der Waals surface area contributed by atoms with Crippen molar-refractivity contribution >= 4 is 21.5 Å². The van der Waals surface area contributed by atoms with Gasteiger partial charge in [0.25, 0.3) is 0 Å². The Morgan fingerprint density at radius 2 is 1.48 bits per heavy atom. The fraction of sp³-hybridized carbons (Fsp3) is 0.321. The van der Waals surface area contributed by atoms with Crippen LogP contribution in [0.15, 0.2) is 48.5 Å². The minimum Gasteiger partial charge on any atom is -0.198 e. The van der Waals surface area contributed by atoms with Gasteiger partial charge in [-0.25, -0.2) is 0 Å². The second kappa shape index (κ2) is 6.69. The van der Waals surface area contributed by atoms with E-state index < -0.39 is 0 Å². The molecular weight excluding hydrogens is 350 g/mol. The Morgan fingerprint density at radius 1 is 0.793 bits per heavy atom. The second-order valence-electron chi connectivity index (χ2n) is 9.49. The van der Waals surface area contributed by atoms with Gasteiger partial charge in [-0.1, -0.05) is 51.1 Å². The van der Waals surface area contributed by atoms with Crippen molar-refractivity contribution in [3.63, 3.8) is 0 Å². The van der Waals surface area contributed by atoms with Crippen LogP contribution in [-0.4, -0.2) is 0 Å². The van der Waals surface area contributed by atoms with Crippen molar-refractivity contribution in [3.05, 3.63) is 76.5 Å². The van der Waals surface area contributed by atoms with Crippen molar-refractivity contribution < 1.29 is 5.94 Å². The summed E-state index contributed by atoms with van der Waals surface area (Å²) in [6, 6.07) is 16.2. The summed E-state index contributed by atoms with van der Waals surface area (Å²) in [5, 5.41) is 4.61. The molecule has 0 atom stereocenters. The van der Waals surface area contributed by atoms with Crippen LogP contribution < -0.4 is 4.57 Å². The average molecular weight is 384 g/mol. The molecule has 0 aliphatic heterocycles. The molecule has 0 N–H and O–H groups in total. The number of fused-ring (bicyclic) bond motifs is 3. The Morgan fingerprint density at radius 3 is 2.17 bits per heavy atom. The van der Waals surface area contributed by atoms with Crippen LogP contribution in [0.5, 0.6) is 0 Å². The Kier molecular flexibility index (Phi) is 4.24. The number of aromatic nitrogens is 1. The lowest BCUT2D eigenvalue weighted by Gasteiger charge is -2.22. The molecule has 0 radical (unpaired) electrons. The summed E-state index contributed by atoms with van der Waals surface area (Å²) in [6.07, 6.45) is 0. The monoisotopic (exact) mass is 383 g/mol. The van der Waals surface area contributed by atoms with E-state index in [1.54, 1.807) is 0 Å². The highest BCUT2D eigenvalue weighted by molar-refractivity contribution is 6.11. The number of aryl methyl sites for hydroxylation is 2. The lowest BCUT2D eigenvalue weighted by Crippen LogP contribution is -2.35. The van der Waals surface area contributed by atoms with Crippen LogP contribution in [0.2, 0.25) is 0 Å². The van der Waals surface area contributed by atoms with Gasteiger partial charge in [-0.3, -0.25) is 0 Å². The smallest absolute Gasteiger partial charge is 0.198 e. The van der Waals surface area contributed by atoms with Gasteiger partial charge in [-0.15, -0.1) is 0 Å². The van der Waals surface area contributed by atoms with Gasteiger partial charge in [0, 0.05) is 18.4 Å². The standard InChI is InChI=1S/C28H32N/c1-17-10-9-11-23-22(17)12-13-24-26(23)15-19(3)29(8)27(24)25-16-21(28(5,6)7)14-18(2)20(25)4/h9-16H,1-8H3/q+1/i15D. The number of benzene rings is 3. The summed E-state index contributed by atoms with van der Waals surface area (Å²) in [4.78, 5) is 0. The van der Waals surface area contributed by atoms with Crippen molar-refractivity contribution in [2.45, 2.75) is 53.9 Å². The van der Waals surface area contributed by atoms with Crippen LogP contribution in [0.1, 0.15) is 50.1 Å².